The Kier molecular flexibility index (Phi) is 5.03. The molecule has 0 spiro atoms. The standard InChI is InChI=1S/C14H21BrN2O/c1-16-10-11-9-12(15)3-4-14(11)17-7-5-13(18-2)6-8-17/h3-4,9,13,16H,5-8,10H2,1-2H3. The van der Waals surface area contributed by atoms with Gasteiger partial charge in [-0.05, 0) is 43.7 Å². The average Bonchev–Trinajstić information content (AvgIpc) is 2.40. The van der Waals surface area contributed by atoms with Gasteiger partial charge >= 0.3 is 0 Å². The van der Waals surface area contributed by atoms with Gasteiger partial charge < -0.3 is 15.0 Å². The van der Waals surface area contributed by atoms with Crippen molar-refractivity contribution in [1.29, 1.82) is 0 Å². The lowest BCUT2D eigenvalue weighted by atomic mass is 10.0. The quantitative estimate of drug-likeness (QED) is 0.925. The van der Waals surface area contributed by atoms with Crippen molar-refractivity contribution in [2.75, 3.05) is 32.1 Å². The number of rotatable bonds is 4. The van der Waals surface area contributed by atoms with Gasteiger partial charge in [-0.2, -0.15) is 0 Å². The van der Waals surface area contributed by atoms with Crippen molar-refractivity contribution in [3.63, 3.8) is 0 Å². The molecule has 18 heavy (non-hydrogen) atoms. The van der Waals surface area contributed by atoms with Crippen molar-refractivity contribution in [3.05, 3.63) is 28.2 Å². The van der Waals surface area contributed by atoms with E-state index in [0.717, 1.165) is 36.9 Å². The summed E-state index contributed by atoms with van der Waals surface area (Å²) in [4.78, 5) is 2.47. The Morgan fingerprint density at radius 2 is 2.11 bits per heavy atom. The summed E-state index contributed by atoms with van der Waals surface area (Å²) < 4.78 is 6.57. The molecule has 3 nitrogen and oxygen atoms in total. The lowest BCUT2D eigenvalue weighted by Crippen LogP contribution is -2.37. The Hall–Kier alpha value is -0.580. The highest BCUT2D eigenvalue weighted by Gasteiger charge is 2.20. The summed E-state index contributed by atoms with van der Waals surface area (Å²) >= 11 is 3.54. The first-order chi connectivity index (χ1) is 8.74. The summed E-state index contributed by atoms with van der Waals surface area (Å²) in [6.45, 7) is 3.06. The van der Waals surface area contributed by atoms with Crippen LogP contribution in [0.5, 0.6) is 0 Å². The van der Waals surface area contributed by atoms with Crippen molar-refractivity contribution in [1.82, 2.24) is 5.32 Å². The Morgan fingerprint density at radius 3 is 2.72 bits per heavy atom. The van der Waals surface area contributed by atoms with Gasteiger partial charge in [-0.15, -0.1) is 0 Å². The molecule has 0 radical (unpaired) electrons. The van der Waals surface area contributed by atoms with Gasteiger partial charge in [0.15, 0.2) is 0 Å². The van der Waals surface area contributed by atoms with Gasteiger partial charge in [0.2, 0.25) is 0 Å². The van der Waals surface area contributed by atoms with E-state index in [0.29, 0.717) is 6.10 Å². The molecule has 1 aromatic carbocycles. The molecule has 0 unspecified atom stereocenters. The predicted octanol–water partition coefficient (Wildman–Crippen LogP) is 2.78. The third kappa shape index (κ3) is 3.25. The topological polar surface area (TPSA) is 24.5 Å². The fourth-order valence-corrected chi connectivity index (χ4v) is 2.94. The minimum absolute atomic E-state index is 0.435. The van der Waals surface area contributed by atoms with Crippen molar-refractivity contribution < 1.29 is 4.74 Å². The van der Waals surface area contributed by atoms with Gasteiger partial charge in [-0.1, -0.05) is 15.9 Å². The fourth-order valence-electron chi connectivity index (χ4n) is 2.53. The summed E-state index contributed by atoms with van der Waals surface area (Å²) in [5.74, 6) is 0. The number of hydrogen-bond acceptors (Lipinski definition) is 3. The van der Waals surface area contributed by atoms with Crippen molar-refractivity contribution in [2.45, 2.75) is 25.5 Å². The molecule has 0 bridgehead atoms. The van der Waals surface area contributed by atoms with Crippen LogP contribution in [0, 0.1) is 0 Å². The van der Waals surface area contributed by atoms with E-state index in [1.54, 1.807) is 0 Å². The maximum absolute atomic E-state index is 5.43. The van der Waals surface area contributed by atoms with E-state index in [1.165, 1.54) is 11.3 Å². The Labute approximate surface area is 118 Å². The maximum atomic E-state index is 5.43. The molecule has 2 rings (SSSR count). The van der Waals surface area contributed by atoms with Gasteiger partial charge in [0.25, 0.3) is 0 Å². The van der Waals surface area contributed by atoms with Crippen molar-refractivity contribution in [2.24, 2.45) is 0 Å². The number of ether oxygens (including phenoxy) is 1. The van der Waals surface area contributed by atoms with Gasteiger partial charge in [0.05, 0.1) is 6.10 Å². The van der Waals surface area contributed by atoms with E-state index < -0.39 is 0 Å². The molecule has 0 aliphatic carbocycles. The highest BCUT2D eigenvalue weighted by molar-refractivity contribution is 9.10. The van der Waals surface area contributed by atoms with Crippen molar-refractivity contribution >= 4 is 21.6 Å². The van der Waals surface area contributed by atoms with Crippen LogP contribution in [-0.4, -0.2) is 33.4 Å². The SMILES string of the molecule is CNCc1cc(Br)ccc1N1CCC(OC)CC1. The van der Waals surface area contributed by atoms with Gasteiger partial charge in [0, 0.05) is 36.9 Å². The third-order valence-corrected chi connectivity index (χ3v) is 4.02. The Morgan fingerprint density at radius 1 is 1.39 bits per heavy atom. The maximum Gasteiger partial charge on any atom is 0.0605 e. The lowest BCUT2D eigenvalue weighted by Gasteiger charge is -2.34. The summed E-state index contributed by atoms with van der Waals surface area (Å²) in [5, 5.41) is 3.24. The number of halogens is 1. The van der Waals surface area contributed by atoms with Gasteiger partial charge in [-0.3, -0.25) is 0 Å². The van der Waals surface area contributed by atoms with Crippen LogP contribution in [0.3, 0.4) is 0 Å². The van der Waals surface area contributed by atoms with E-state index in [-0.39, 0.29) is 0 Å². The highest BCUT2D eigenvalue weighted by atomic mass is 79.9. The number of anilines is 1. The summed E-state index contributed by atoms with van der Waals surface area (Å²) in [7, 11) is 3.80. The summed E-state index contributed by atoms with van der Waals surface area (Å²) in [5.41, 5.74) is 2.70. The summed E-state index contributed by atoms with van der Waals surface area (Å²) in [6, 6.07) is 6.54. The summed E-state index contributed by atoms with van der Waals surface area (Å²) in [6.07, 6.45) is 2.67. The first kappa shape index (κ1) is 13.8. The van der Waals surface area contributed by atoms with Crippen molar-refractivity contribution in [3.8, 4) is 0 Å². The molecule has 1 N–H and O–H groups in total. The second kappa shape index (κ2) is 6.55. The highest BCUT2D eigenvalue weighted by Crippen LogP contribution is 2.27. The molecular weight excluding hydrogens is 292 g/mol. The molecule has 1 fully saturated rings. The normalized spacial score (nSPS) is 17.2. The monoisotopic (exact) mass is 312 g/mol. The van der Waals surface area contributed by atoms with E-state index in [1.807, 2.05) is 14.2 Å². The molecule has 1 heterocycles. The van der Waals surface area contributed by atoms with Gasteiger partial charge in [-0.25, -0.2) is 0 Å². The number of nitrogens with one attached hydrogen (secondary N) is 1. The molecular formula is C14H21BrN2O. The van der Waals surface area contributed by atoms with Crippen LogP contribution in [0.1, 0.15) is 18.4 Å². The molecule has 1 saturated heterocycles. The molecule has 4 heteroatoms. The number of hydrogen-bond donors (Lipinski definition) is 1. The molecule has 0 amide bonds. The molecule has 0 atom stereocenters. The van der Waals surface area contributed by atoms with E-state index in [4.69, 9.17) is 4.74 Å². The zero-order valence-corrected chi connectivity index (χ0v) is 12.7. The second-order valence-electron chi connectivity index (χ2n) is 4.73. The second-order valence-corrected chi connectivity index (χ2v) is 5.64. The van der Waals surface area contributed by atoms with Crippen LogP contribution in [0.4, 0.5) is 5.69 Å². The zero-order valence-electron chi connectivity index (χ0n) is 11.1. The largest absolute Gasteiger partial charge is 0.381 e. The Balaban J connectivity index is 2.13. The first-order valence-corrected chi connectivity index (χ1v) is 7.24. The van der Waals surface area contributed by atoms with Crippen LogP contribution in [-0.2, 0) is 11.3 Å². The zero-order chi connectivity index (χ0) is 13.0. The van der Waals surface area contributed by atoms with Crippen LogP contribution in [0.25, 0.3) is 0 Å². The molecule has 1 aromatic rings. The number of benzene rings is 1. The molecule has 100 valence electrons. The first-order valence-electron chi connectivity index (χ1n) is 6.45. The smallest absolute Gasteiger partial charge is 0.0605 e. The van der Waals surface area contributed by atoms with E-state index in [2.05, 4.69) is 44.3 Å². The Bertz CT molecular complexity index is 389. The minimum Gasteiger partial charge on any atom is -0.381 e. The van der Waals surface area contributed by atoms with E-state index >= 15 is 0 Å². The lowest BCUT2D eigenvalue weighted by molar-refractivity contribution is 0.0819. The third-order valence-electron chi connectivity index (χ3n) is 3.52. The average molecular weight is 313 g/mol. The number of nitrogens with zero attached hydrogens (tertiary/aromatic N) is 1. The molecule has 1 aliphatic rings. The number of methoxy groups -OCH3 is 1. The van der Waals surface area contributed by atoms with Crippen LogP contribution >= 0.6 is 15.9 Å². The van der Waals surface area contributed by atoms with Crippen LogP contribution < -0.4 is 10.2 Å². The minimum atomic E-state index is 0.435. The molecule has 1 aliphatic heterocycles. The van der Waals surface area contributed by atoms with Gasteiger partial charge in [0.1, 0.15) is 0 Å². The van der Waals surface area contributed by atoms with Crippen LogP contribution in [0.2, 0.25) is 0 Å². The molecule has 0 aromatic heterocycles. The van der Waals surface area contributed by atoms with E-state index in [9.17, 15) is 0 Å². The predicted molar refractivity (Wildman–Crippen MR) is 79.1 cm³/mol. The number of piperidine rings is 1. The fraction of sp³-hybridized carbons (Fsp3) is 0.571. The molecule has 0 saturated carbocycles. The van der Waals surface area contributed by atoms with Crippen LogP contribution in [0.15, 0.2) is 22.7 Å².